The third-order valence-electron chi connectivity index (χ3n) is 3.23. The van der Waals surface area contributed by atoms with Crippen LogP contribution in [-0.2, 0) is 14.4 Å². The second kappa shape index (κ2) is 7.46. The van der Waals surface area contributed by atoms with Crippen molar-refractivity contribution in [2.75, 3.05) is 26.2 Å². The summed E-state index contributed by atoms with van der Waals surface area (Å²) in [4.78, 5) is 48.1. The first-order valence-corrected chi connectivity index (χ1v) is 6.63. The first-order chi connectivity index (χ1) is 9.81. The van der Waals surface area contributed by atoms with Gasteiger partial charge in [0.25, 0.3) is 0 Å². The first kappa shape index (κ1) is 16.7. The summed E-state index contributed by atoms with van der Waals surface area (Å²) in [7, 11) is 0. The summed E-state index contributed by atoms with van der Waals surface area (Å²) >= 11 is 0. The Morgan fingerprint density at radius 3 is 2.24 bits per heavy atom. The van der Waals surface area contributed by atoms with Crippen molar-refractivity contribution < 1.29 is 24.3 Å². The molecule has 118 valence electrons. The fourth-order valence-corrected chi connectivity index (χ4v) is 2.08. The van der Waals surface area contributed by atoms with Gasteiger partial charge in [-0.15, -0.1) is 0 Å². The van der Waals surface area contributed by atoms with E-state index >= 15 is 0 Å². The Morgan fingerprint density at radius 1 is 1.14 bits per heavy atom. The van der Waals surface area contributed by atoms with E-state index < -0.39 is 30.4 Å². The number of carboxylic acids is 1. The van der Waals surface area contributed by atoms with Crippen LogP contribution in [0.2, 0.25) is 0 Å². The largest absolute Gasteiger partial charge is 0.480 e. The molecule has 1 aliphatic heterocycles. The molecule has 0 bridgehead atoms. The number of carbonyl (C=O) groups excluding carboxylic acids is 3. The Balaban J connectivity index is 2.59. The number of primary amides is 1. The number of amides is 4. The highest BCUT2D eigenvalue weighted by Gasteiger charge is 2.26. The number of carbonyl (C=O) groups is 4. The van der Waals surface area contributed by atoms with Gasteiger partial charge in [0, 0.05) is 33.1 Å². The minimum atomic E-state index is -1.35. The molecule has 1 aliphatic rings. The van der Waals surface area contributed by atoms with Gasteiger partial charge in [-0.2, -0.15) is 0 Å². The molecule has 0 radical (unpaired) electrons. The standard InChI is InChI=1S/C12H20N4O5/c1-8(17)15-3-2-4-16(6-5-15)12(21)14-9(11(19)20)7-10(13)18/h9H,2-7H2,1H3,(H2,13,18)(H,14,21)(H,19,20)/t9-/m1/s1. The van der Waals surface area contributed by atoms with Gasteiger partial charge < -0.3 is 26.0 Å². The van der Waals surface area contributed by atoms with Gasteiger partial charge in [-0.05, 0) is 6.42 Å². The van der Waals surface area contributed by atoms with Gasteiger partial charge in [-0.25, -0.2) is 9.59 Å². The minimum absolute atomic E-state index is 0.0607. The molecule has 21 heavy (non-hydrogen) atoms. The average molecular weight is 300 g/mol. The molecule has 4 N–H and O–H groups in total. The molecule has 9 nitrogen and oxygen atoms in total. The van der Waals surface area contributed by atoms with Crippen molar-refractivity contribution in [3.8, 4) is 0 Å². The average Bonchev–Trinajstić information content (AvgIpc) is 2.62. The number of nitrogens with two attached hydrogens (primary N) is 1. The maximum Gasteiger partial charge on any atom is 0.326 e. The molecule has 0 aliphatic carbocycles. The normalized spacial score (nSPS) is 16.8. The van der Waals surface area contributed by atoms with E-state index in [0.717, 1.165) is 0 Å². The van der Waals surface area contributed by atoms with Gasteiger partial charge in [-0.1, -0.05) is 0 Å². The van der Waals surface area contributed by atoms with Gasteiger partial charge in [0.1, 0.15) is 6.04 Å². The first-order valence-electron chi connectivity index (χ1n) is 6.63. The SMILES string of the molecule is CC(=O)N1CCCN(C(=O)N[C@H](CC(N)=O)C(=O)O)CC1. The van der Waals surface area contributed by atoms with Gasteiger partial charge in [0.05, 0.1) is 6.42 Å². The van der Waals surface area contributed by atoms with Crippen molar-refractivity contribution in [2.24, 2.45) is 5.73 Å². The molecule has 9 heteroatoms. The number of carboxylic acid groups (broad SMARTS) is 1. The molecule has 0 aromatic rings. The minimum Gasteiger partial charge on any atom is -0.480 e. The molecule has 4 amide bonds. The number of nitrogens with one attached hydrogen (secondary N) is 1. The summed E-state index contributed by atoms with van der Waals surface area (Å²) in [6.07, 6.45) is 0.148. The lowest BCUT2D eigenvalue weighted by molar-refractivity contribution is -0.141. The van der Waals surface area contributed by atoms with Crippen LogP contribution in [0.3, 0.4) is 0 Å². The summed E-state index contributed by atoms with van der Waals surface area (Å²) in [6, 6.07) is -1.92. The topological polar surface area (TPSA) is 133 Å². The van der Waals surface area contributed by atoms with Crippen LogP contribution in [0.4, 0.5) is 4.79 Å². The number of aliphatic carboxylic acids is 1. The van der Waals surface area contributed by atoms with E-state index in [9.17, 15) is 19.2 Å². The van der Waals surface area contributed by atoms with Crippen molar-refractivity contribution in [3.63, 3.8) is 0 Å². The molecule has 0 spiro atoms. The Morgan fingerprint density at radius 2 is 1.71 bits per heavy atom. The number of hydrogen-bond acceptors (Lipinski definition) is 4. The molecule has 1 fully saturated rings. The van der Waals surface area contributed by atoms with Crippen LogP contribution in [-0.4, -0.2) is 70.9 Å². The van der Waals surface area contributed by atoms with Crippen LogP contribution in [0.15, 0.2) is 0 Å². The zero-order valence-corrected chi connectivity index (χ0v) is 11.9. The maximum atomic E-state index is 12.0. The van der Waals surface area contributed by atoms with Crippen LogP contribution in [0.1, 0.15) is 19.8 Å². The fourth-order valence-electron chi connectivity index (χ4n) is 2.08. The lowest BCUT2D eigenvalue weighted by Crippen LogP contribution is -2.50. The molecular formula is C12H20N4O5. The fraction of sp³-hybridized carbons (Fsp3) is 0.667. The second-order valence-electron chi connectivity index (χ2n) is 4.86. The smallest absolute Gasteiger partial charge is 0.326 e. The molecule has 0 aromatic carbocycles. The lowest BCUT2D eigenvalue weighted by atomic mass is 10.2. The Kier molecular flexibility index (Phi) is 5.94. The second-order valence-corrected chi connectivity index (χ2v) is 4.86. The molecule has 1 heterocycles. The summed E-state index contributed by atoms with van der Waals surface area (Å²) < 4.78 is 0. The van der Waals surface area contributed by atoms with E-state index in [4.69, 9.17) is 10.8 Å². The molecule has 1 rings (SSSR count). The van der Waals surface area contributed by atoms with Crippen LogP contribution in [0.5, 0.6) is 0 Å². The van der Waals surface area contributed by atoms with Crippen molar-refractivity contribution in [1.29, 1.82) is 0 Å². The molecule has 0 unspecified atom stereocenters. The number of hydrogen-bond donors (Lipinski definition) is 3. The van der Waals surface area contributed by atoms with Gasteiger partial charge in [0.2, 0.25) is 11.8 Å². The van der Waals surface area contributed by atoms with E-state index in [-0.39, 0.29) is 5.91 Å². The van der Waals surface area contributed by atoms with Gasteiger partial charge in [-0.3, -0.25) is 9.59 Å². The summed E-state index contributed by atoms with van der Waals surface area (Å²) in [5.41, 5.74) is 4.95. The molecule has 1 saturated heterocycles. The molecule has 0 aromatic heterocycles. The Bertz CT molecular complexity index is 439. The highest BCUT2D eigenvalue weighted by molar-refractivity contribution is 5.87. The highest BCUT2D eigenvalue weighted by Crippen LogP contribution is 2.04. The zero-order valence-electron chi connectivity index (χ0n) is 11.9. The van der Waals surface area contributed by atoms with Crippen LogP contribution < -0.4 is 11.1 Å². The predicted octanol–water partition coefficient (Wildman–Crippen LogP) is -1.42. The van der Waals surface area contributed by atoms with Crippen LogP contribution in [0, 0.1) is 0 Å². The lowest BCUT2D eigenvalue weighted by Gasteiger charge is -2.23. The maximum absolute atomic E-state index is 12.0. The van der Waals surface area contributed by atoms with E-state index in [0.29, 0.717) is 32.6 Å². The summed E-state index contributed by atoms with van der Waals surface area (Å²) in [5, 5.41) is 11.2. The third kappa shape index (κ3) is 5.28. The van der Waals surface area contributed by atoms with E-state index in [1.807, 2.05) is 0 Å². The molecule has 0 saturated carbocycles. The van der Waals surface area contributed by atoms with Crippen LogP contribution in [0.25, 0.3) is 0 Å². The quantitative estimate of drug-likeness (QED) is 0.586. The van der Waals surface area contributed by atoms with Crippen molar-refractivity contribution in [3.05, 3.63) is 0 Å². The van der Waals surface area contributed by atoms with Gasteiger partial charge in [0.15, 0.2) is 0 Å². The summed E-state index contributed by atoms with van der Waals surface area (Å²) in [5.74, 6) is -2.18. The number of urea groups is 1. The molecular weight excluding hydrogens is 280 g/mol. The third-order valence-corrected chi connectivity index (χ3v) is 3.23. The van der Waals surface area contributed by atoms with Crippen molar-refractivity contribution >= 4 is 23.8 Å². The van der Waals surface area contributed by atoms with E-state index in [1.54, 1.807) is 4.90 Å². The Labute approximate surface area is 122 Å². The predicted molar refractivity (Wildman–Crippen MR) is 72.2 cm³/mol. The van der Waals surface area contributed by atoms with Crippen LogP contribution >= 0.6 is 0 Å². The van der Waals surface area contributed by atoms with E-state index in [2.05, 4.69) is 5.32 Å². The van der Waals surface area contributed by atoms with Crippen molar-refractivity contribution in [2.45, 2.75) is 25.8 Å². The van der Waals surface area contributed by atoms with E-state index in [1.165, 1.54) is 11.8 Å². The van der Waals surface area contributed by atoms with Crippen molar-refractivity contribution in [1.82, 2.24) is 15.1 Å². The van der Waals surface area contributed by atoms with Gasteiger partial charge >= 0.3 is 12.0 Å². The number of rotatable bonds is 4. The molecule has 1 atom stereocenters. The monoisotopic (exact) mass is 300 g/mol. The summed E-state index contributed by atoms with van der Waals surface area (Å²) in [6.45, 7) is 3.15. The zero-order chi connectivity index (χ0) is 16.0. The highest BCUT2D eigenvalue weighted by atomic mass is 16.4. The number of nitrogens with zero attached hydrogens (tertiary/aromatic N) is 2. The Hall–Kier alpha value is -2.32.